The van der Waals surface area contributed by atoms with E-state index in [-0.39, 0.29) is 0 Å². The van der Waals surface area contributed by atoms with Crippen molar-refractivity contribution in [3.05, 3.63) is 104 Å². The highest BCUT2D eigenvalue weighted by atomic mass is 15.1. The summed E-state index contributed by atoms with van der Waals surface area (Å²) in [6.07, 6.45) is 3.71. The average Bonchev–Trinajstić information content (AvgIpc) is 2.73. The molecule has 3 rings (SSSR count). The predicted molar refractivity (Wildman–Crippen MR) is 118 cm³/mol. The normalized spacial score (nSPS) is 10.1. The van der Waals surface area contributed by atoms with E-state index in [4.69, 9.17) is 0 Å². The Labute approximate surface area is 161 Å². The van der Waals surface area contributed by atoms with Crippen LogP contribution in [0.4, 0.5) is 28.4 Å². The van der Waals surface area contributed by atoms with Gasteiger partial charge in [-0.05, 0) is 60.7 Å². The number of anilines is 5. The summed E-state index contributed by atoms with van der Waals surface area (Å²) in [7, 11) is 0. The van der Waals surface area contributed by atoms with E-state index in [0.717, 1.165) is 41.5 Å². The zero-order valence-corrected chi connectivity index (χ0v) is 15.4. The topological polar surface area (TPSA) is 27.3 Å². The Morgan fingerprint density at radius 1 is 0.593 bits per heavy atom. The minimum Gasteiger partial charge on any atom is -0.382 e. The molecule has 0 aliphatic carbocycles. The maximum absolute atomic E-state index is 3.75. The highest BCUT2D eigenvalue weighted by molar-refractivity contribution is 5.78. The van der Waals surface area contributed by atoms with Gasteiger partial charge in [0.05, 0.1) is 0 Å². The fourth-order valence-electron chi connectivity index (χ4n) is 2.86. The standard InChI is InChI=1S/C24H25N3/c1-3-18-25-20-10-14-23(15-11-20)27(22-8-6-5-7-9-22)24-16-12-21(13-17-24)26-19-4-2/h3-17,25-26H,1-2,18-19H2. The van der Waals surface area contributed by atoms with Crippen LogP contribution in [0, 0.1) is 0 Å². The number of benzene rings is 3. The second kappa shape index (κ2) is 9.30. The van der Waals surface area contributed by atoms with Gasteiger partial charge >= 0.3 is 0 Å². The van der Waals surface area contributed by atoms with Gasteiger partial charge in [-0.2, -0.15) is 0 Å². The Kier molecular flexibility index (Phi) is 6.31. The van der Waals surface area contributed by atoms with Gasteiger partial charge in [0.1, 0.15) is 0 Å². The van der Waals surface area contributed by atoms with Crippen LogP contribution in [0.5, 0.6) is 0 Å². The fourth-order valence-corrected chi connectivity index (χ4v) is 2.86. The SMILES string of the molecule is C=CCNc1ccc(N(c2ccccc2)c2ccc(NCC=C)cc2)cc1. The monoisotopic (exact) mass is 355 g/mol. The smallest absolute Gasteiger partial charge is 0.0463 e. The van der Waals surface area contributed by atoms with Crippen molar-refractivity contribution >= 4 is 28.4 Å². The van der Waals surface area contributed by atoms with Crippen molar-refractivity contribution in [2.75, 3.05) is 28.6 Å². The van der Waals surface area contributed by atoms with Gasteiger partial charge in [0.25, 0.3) is 0 Å². The summed E-state index contributed by atoms with van der Waals surface area (Å²) in [5, 5.41) is 6.63. The van der Waals surface area contributed by atoms with Crippen LogP contribution in [0.25, 0.3) is 0 Å². The molecule has 0 fully saturated rings. The summed E-state index contributed by atoms with van der Waals surface area (Å²) in [4.78, 5) is 2.24. The van der Waals surface area contributed by atoms with Gasteiger partial charge in [0, 0.05) is 41.5 Å². The first-order valence-corrected chi connectivity index (χ1v) is 9.06. The van der Waals surface area contributed by atoms with Crippen molar-refractivity contribution in [3.63, 3.8) is 0 Å². The molecule has 0 radical (unpaired) electrons. The van der Waals surface area contributed by atoms with Gasteiger partial charge in [-0.1, -0.05) is 30.4 Å². The lowest BCUT2D eigenvalue weighted by atomic mass is 10.1. The van der Waals surface area contributed by atoms with Crippen LogP contribution >= 0.6 is 0 Å². The summed E-state index contributed by atoms with van der Waals surface area (Å²) < 4.78 is 0. The maximum Gasteiger partial charge on any atom is 0.0463 e. The first kappa shape index (κ1) is 18.3. The molecule has 3 nitrogen and oxygen atoms in total. The van der Waals surface area contributed by atoms with E-state index >= 15 is 0 Å². The van der Waals surface area contributed by atoms with Gasteiger partial charge in [0.15, 0.2) is 0 Å². The van der Waals surface area contributed by atoms with E-state index in [9.17, 15) is 0 Å². The summed E-state index contributed by atoms with van der Waals surface area (Å²) in [6, 6.07) is 27.3. The Morgan fingerprint density at radius 3 is 1.41 bits per heavy atom. The minimum atomic E-state index is 0.751. The zero-order chi connectivity index (χ0) is 18.9. The molecule has 0 saturated heterocycles. The third-order valence-electron chi connectivity index (χ3n) is 4.17. The summed E-state index contributed by atoms with van der Waals surface area (Å²) in [5.41, 5.74) is 5.50. The van der Waals surface area contributed by atoms with Crippen LogP contribution in [0.15, 0.2) is 104 Å². The second-order valence-electron chi connectivity index (χ2n) is 6.10. The molecule has 0 spiro atoms. The van der Waals surface area contributed by atoms with Gasteiger partial charge in [0.2, 0.25) is 0 Å². The third-order valence-corrected chi connectivity index (χ3v) is 4.17. The molecule has 0 unspecified atom stereocenters. The van der Waals surface area contributed by atoms with Crippen molar-refractivity contribution in [3.8, 4) is 0 Å². The third kappa shape index (κ3) is 4.79. The molecule has 136 valence electrons. The molecule has 0 bridgehead atoms. The van der Waals surface area contributed by atoms with Crippen molar-refractivity contribution in [1.29, 1.82) is 0 Å². The van der Waals surface area contributed by atoms with Crippen LogP contribution < -0.4 is 15.5 Å². The van der Waals surface area contributed by atoms with Crippen molar-refractivity contribution in [2.45, 2.75) is 0 Å². The lowest BCUT2D eigenvalue weighted by molar-refractivity contribution is 1.27. The van der Waals surface area contributed by atoms with Gasteiger partial charge in [-0.3, -0.25) is 0 Å². The van der Waals surface area contributed by atoms with Crippen molar-refractivity contribution in [2.24, 2.45) is 0 Å². The molecule has 0 aliphatic rings. The molecule has 3 aromatic rings. The number of para-hydroxylation sites is 1. The summed E-state index contributed by atoms with van der Waals surface area (Å²) >= 11 is 0. The molecule has 3 heteroatoms. The average molecular weight is 355 g/mol. The molecule has 27 heavy (non-hydrogen) atoms. The van der Waals surface area contributed by atoms with Crippen molar-refractivity contribution in [1.82, 2.24) is 0 Å². The van der Waals surface area contributed by atoms with E-state index in [1.165, 1.54) is 0 Å². The number of hydrogen-bond donors (Lipinski definition) is 2. The molecule has 0 heterocycles. The Bertz CT molecular complexity index is 797. The van der Waals surface area contributed by atoms with E-state index < -0.39 is 0 Å². The van der Waals surface area contributed by atoms with Crippen LogP contribution in [-0.4, -0.2) is 13.1 Å². The van der Waals surface area contributed by atoms with E-state index in [0.29, 0.717) is 0 Å². The first-order valence-electron chi connectivity index (χ1n) is 9.06. The molecular formula is C24H25N3. The maximum atomic E-state index is 3.75. The van der Waals surface area contributed by atoms with Crippen LogP contribution in [0.3, 0.4) is 0 Å². The molecule has 0 aliphatic heterocycles. The van der Waals surface area contributed by atoms with Gasteiger partial charge in [-0.15, -0.1) is 13.2 Å². The highest BCUT2D eigenvalue weighted by Gasteiger charge is 2.12. The van der Waals surface area contributed by atoms with Gasteiger partial charge in [-0.25, -0.2) is 0 Å². The quantitative estimate of drug-likeness (QED) is 0.438. The molecular weight excluding hydrogens is 330 g/mol. The number of nitrogens with zero attached hydrogens (tertiary/aromatic N) is 1. The lowest BCUT2D eigenvalue weighted by Crippen LogP contribution is -2.10. The second-order valence-corrected chi connectivity index (χ2v) is 6.10. The molecule has 0 aromatic heterocycles. The molecule has 3 aromatic carbocycles. The predicted octanol–water partition coefficient (Wildman–Crippen LogP) is 6.35. The molecule has 2 N–H and O–H groups in total. The molecule has 0 atom stereocenters. The fraction of sp³-hybridized carbons (Fsp3) is 0.0833. The van der Waals surface area contributed by atoms with Crippen LogP contribution in [-0.2, 0) is 0 Å². The number of rotatable bonds is 9. The Hall–Kier alpha value is -3.46. The Balaban J connectivity index is 1.92. The largest absolute Gasteiger partial charge is 0.382 e. The van der Waals surface area contributed by atoms with E-state index in [2.05, 4.69) is 101 Å². The summed E-state index contributed by atoms with van der Waals surface area (Å²) in [6.45, 7) is 8.99. The highest BCUT2D eigenvalue weighted by Crippen LogP contribution is 2.35. The number of hydrogen-bond acceptors (Lipinski definition) is 3. The van der Waals surface area contributed by atoms with E-state index in [1.54, 1.807) is 0 Å². The zero-order valence-electron chi connectivity index (χ0n) is 15.4. The number of nitrogens with one attached hydrogen (secondary N) is 2. The Morgan fingerprint density at radius 2 is 1.00 bits per heavy atom. The minimum absolute atomic E-state index is 0.751. The lowest BCUT2D eigenvalue weighted by Gasteiger charge is -2.26. The van der Waals surface area contributed by atoms with Gasteiger partial charge < -0.3 is 15.5 Å². The van der Waals surface area contributed by atoms with Crippen LogP contribution in [0.2, 0.25) is 0 Å². The first-order chi connectivity index (χ1) is 13.3. The molecule has 0 saturated carbocycles. The van der Waals surface area contributed by atoms with Crippen LogP contribution in [0.1, 0.15) is 0 Å². The molecule has 0 amide bonds. The summed E-state index contributed by atoms with van der Waals surface area (Å²) in [5.74, 6) is 0. The van der Waals surface area contributed by atoms with Crippen molar-refractivity contribution < 1.29 is 0 Å². The van der Waals surface area contributed by atoms with E-state index in [1.807, 2.05) is 18.2 Å².